The van der Waals surface area contributed by atoms with E-state index in [1.807, 2.05) is 6.07 Å². The third-order valence-electron chi connectivity index (χ3n) is 2.72. The van der Waals surface area contributed by atoms with Crippen LogP contribution in [0.15, 0.2) is 36.4 Å². The Morgan fingerprint density at radius 2 is 1.95 bits per heavy atom. The summed E-state index contributed by atoms with van der Waals surface area (Å²) in [6, 6.07) is 14.2. The maximum absolute atomic E-state index is 9.15. The molecule has 5 heteroatoms. The van der Waals surface area contributed by atoms with E-state index >= 15 is 0 Å². The Labute approximate surface area is 121 Å². The van der Waals surface area contributed by atoms with Crippen LogP contribution in [0.2, 0.25) is 5.02 Å². The predicted octanol–water partition coefficient (Wildman–Crippen LogP) is 3.84. The van der Waals surface area contributed by atoms with Gasteiger partial charge in [0.25, 0.3) is 0 Å². The number of ether oxygens (including phenoxy) is 1. The molecule has 2 aromatic rings. The molecule has 0 atom stereocenters. The zero-order valence-electron chi connectivity index (χ0n) is 10.6. The number of halogens is 1. The highest BCUT2D eigenvalue weighted by Gasteiger charge is 2.11. The van der Waals surface area contributed by atoms with Gasteiger partial charge < -0.3 is 10.1 Å². The Kier molecular flexibility index (Phi) is 4.10. The first-order valence-corrected chi connectivity index (χ1v) is 6.11. The number of benzene rings is 2. The number of nitrogens with zero attached hydrogens (tertiary/aromatic N) is 2. The topological polar surface area (TPSA) is 68.8 Å². The summed E-state index contributed by atoms with van der Waals surface area (Å²) in [5.41, 5.74) is 2.07. The zero-order valence-corrected chi connectivity index (χ0v) is 11.4. The Hall–Kier alpha value is -2.69. The van der Waals surface area contributed by atoms with Crippen LogP contribution in [-0.4, -0.2) is 7.11 Å². The number of rotatable bonds is 3. The summed E-state index contributed by atoms with van der Waals surface area (Å²) in [4.78, 5) is 0. The van der Waals surface area contributed by atoms with Crippen molar-refractivity contribution >= 4 is 23.0 Å². The summed E-state index contributed by atoms with van der Waals surface area (Å²) >= 11 is 6.11. The number of hydrogen-bond donors (Lipinski definition) is 1. The van der Waals surface area contributed by atoms with Crippen LogP contribution in [0.1, 0.15) is 11.1 Å². The average molecular weight is 284 g/mol. The molecule has 0 aliphatic rings. The maximum Gasteiger partial charge on any atom is 0.143 e. The number of nitriles is 2. The highest BCUT2D eigenvalue weighted by molar-refractivity contribution is 6.33. The molecule has 20 heavy (non-hydrogen) atoms. The highest BCUT2D eigenvalue weighted by Crippen LogP contribution is 2.33. The Balaban J connectivity index is 2.45. The minimum atomic E-state index is 0.402. The van der Waals surface area contributed by atoms with Crippen molar-refractivity contribution in [2.24, 2.45) is 0 Å². The molecule has 0 radical (unpaired) electrons. The van der Waals surface area contributed by atoms with E-state index in [1.54, 1.807) is 36.4 Å². The van der Waals surface area contributed by atoms with E-state index in [0.29, 0.717) is 33.3 Å². The van der Waals surface area contributed by atoms with Crippen LogP contribution < -0.4 is 10.1 Å². The number of methoxy groups -OCH3 is 1. The minimum absolute atomic E-state index is 0.402. The maximum atomic E-state index is 9.15. The van der Waals surface area contributed by atoms with Gasteiger partial charge in [-0.1, -0.05) is 17.7 Å². The second kappa shape index (κ2) is 5.97. The molecule has 4 nitrogen and oxygen atoms in total. The Morgan fingerprint density at radius 1 is 1.15 bits per heavy atom. The van der Waals surface area contributed by atoms with Gasteiger partial charge in [0.15, 0.2) is 0 Å². The van der Waals surface area contributed by atoms with E-state index in [4.69, 9.17) is 26.9 Å². The van der Waals surface area contributed by atoms with Crippen molar-refractivity contribution in [3.8, 4) is 17.9 Å². The molecule has 0 spiro atoms. The van der Waals surface area contributed by atoms with Crippen LogP contribution >= 0.6 is 11.6 Å². The monoisotopic (exact) mass is 283 g/mol. The number of hydrogen-bond acceptors (Lipinski definition) is 4. The van der Waals surface area contributed by atoms with Gasteiger partial charge in [0, 0.05) is 0 Å². The molecule has 0 saturated heterocycles. The van der Waals surface area contributed by atoms with Crippen molar-refractivity contribution in [1.82, 2.24) is 0 Å². The lowest BCUT2D eigenvalue weighted by Gasteiger charge is -2.13. The predicted molar refractivity (Wildman–Crippen MR) is 77.2 cm³/mol. The molecule has 2 aromatic carbocycles. The van der Waals surface area contributed by atoms with Gasteiger partial charge >= 0.3 is 0 Å². The lowest BCUT2D eigenvalue weighted by atomic mass is 10.1. The first-order chi connectivity index (χ1) is 9.69. The molecule has 0 aromatic heterocycles. The molecule has 0 aliphatic carbocycles. The van der Waals surface area contributed by atoms with Gasteiger partial charge in [0.2, 0.25) is 0 Å². The summed E-state index contributed by atoms with van der Waals surface area (Å²) < 4.78 is 5.24. The van der Waals surface area contributed by atoms with Crippen molar-refractivity contribution in [1.29, 1.82) is 10.5 Å². The Morgan fingerprint density at radius 3 is 2.55 bits per heavy atom. The van der Waals surface area contributed by atoms with E-state index < -0.39 is 0 Å². The van der Waals surface area contributed by atoms with Crippen molar-refractivity contribution in [2.45, 2.75) is 0 Å². The van der Waals surface area contributed by atoms with Crippen molar-refractivity contribution < 1.29 is 4.74 Å². The molecule has 98 valence electrons. The fourth-order valence-corrected chi connectivity index (χ4v) is 1.97. The summed E-state index contributed by atoms with van der Waals surface area (Å²) in [5.74, 6) is 0.546. The van der Waals surface area contributed by atoms with Gasteiger partial charge in [-0.3, -0.25) is 0 Å². The van der Waals surface area contributed by atoms with Gasteiger partial charge in [-0.2, -0.15) is 10.5 Å². The summed E-state index contributed by atoms with van der Waals surface area (Å²) in [6.07, 6.45) is 0. The van der Waals surface area contributed by atoms with Crippen molar-refractivity contribution in [3.05, 3.63) is 52.5 Å². The van der Waals surface area contributed by atoms with Gasteiger partial charge in [-0.15, -0.1) is 0 Å². The normalized spacial score (nSPS) is 9.40. The zero-order chi connectivity index (χ0) is 14.5. The number of para-hydroxylation sites is 1. The van der Waals surface area contributed by atoms with E-state index in [2.05, 4.69) is 11.4 Å². The molecule has 2 rings (SSSR count). The van der Waals surface area contributed by atoms with E-state index in [9.17, 15) is 0 Å². The van der Waals surface area contributed by atoms with Crippen molar-refractivity contribution in [3.63, 3.8) is 0 Å². The van der Waals surface area contributed by atoms with Gasteiger partial charge in [0.05, 0.1) is 40.7 Å². The second-order valence-electron chi connectivity index (χ2n) is 3.93. The van der Waals surface area contributed by atoms with Gasteiger partial charge in [0.1, 0.15) is 11.8 Å². The molecular weight excluding hydrogens is 274 g/mol. The van der Waals surface area contributed by atoms with Gasteiger partial charge in [-0.05, 0) is 30.3 Å². The first-order valence-electron chi connectivity index (χ1n) is 5.73. The summed E-state index contributed by atoms with van der Waals surface area (Å²) in [6.45, 7) is 0. The largest absolute Gasteiger partial charge is 0.495 e. The van der Waals surface area contributed by atoms with E-state index in [1.165, 1.54) is 7.11 Å². The smallest absolute Gasteiger partial charge is 0.143 e. The Bertz CT molecular complexity index is 729. The molecule has 0 unspecified atom stereocenters. The molecule has 1 N–H and O–H groups in total. The van der Waals surface area contributed by atoms with Crippen LogP contribution in [0.3, 0.4) is 0 Å². The molecule has 0 heterocycles. The molecule has 0 aliphatic heterocycles. The van der Waals surface area contributed by atoms with Crippen molar-refractivity contribution in [2.75, 3.05) is 12.4 Å². The van der Waals surface area contributed by atoms with E-state index in [-0.39, 0.29) is 0 Å². The minimum Gasteiger partial charge on any atom is -0.495 e. The molecule has 0 fully saturated rings. The third-order valence-corrected chi connectivity index (χ3v) is 3.04. The second-order valence-corrected chi connectivity index (χ2v) is 4.33. The fourth-order valence-electron chi connectivity index (χ4n) is 1.74. The molecular formula is C15H10ClN3O. The number of anilines is 2. The first kappa shape index (κ1) is 13.7. The van der Waals surface area contributed by atoms with Crippen LogP contribution in [0.4, 0.5) is 11.4 Å². The molecule has 0 bridgehead atoms. The lowest BCUT2D eigenvalue weighted by molar-refractivity contribution is 0.416. The average Bonchev–Trinajstić information content (AvgIpc) is 2.49. The van der Waals surface area contributed by atoms with Gasteiger partial charge in [-0.25, -0.2) is 0 Å². The SMILES string of the molecule is COc1cccc(C#N)c1Nc1ccc(C#N)cc1Cl. The van der Waals surface area contributed by atoms with Crippen LogP contribution in [0.25, 0.3) is 0 Å². The third kappa shape index (κ3) is 2.66. The van der Waals surface area contributed by atoms with Crippen LogP contribution in [0.5, 0.6) is 5.75 Å². The quantitative estimate of drug-likeness (QED) is 0.929. The number of nitrogens with one attached hydrogen (secondary N) is 1. The molecule has 0 amide bonds. The standard InChI is InChI=1S/C15H10ClN3O/c1-20-14-4-2-3-11(9-18)15(14)19-13-6-5-10(8-17)7-12(13)16/h2-7,19H,1H3. The summed E-state index contributed by atoms with van der Waals surface area (Å²) in [5, 5.41) is 21.4. The van der Waals surface area contributed by atoms with Crippen LogP contribution in [0, 0.1) is 22.7 Å². The lowest BCUT2D eigenvalue weighted by Crippen LogP contribution is -1.98. The molecule has 0 saturated carbocycles. The van der Waals surface area contributed by atoms with Crippen LogP contribution in [-0.2, 0) is 0 Å². The highest BCUT2D eigenvalue weighted by atomic mass is 35.5. The fraction of sp³-hybridized carbons (Fsp3) is 0.0667. The summed E-state index contributed by atoms with van der Waals surface area (Å²) in [7, 11) is 1.53. The van der Waals surface area contributed by atoms with E-state index in [0.717, 1.165) is 0 Å².